The Morgan fingerprint density at radius 2 is 1.81 bits per heavy atom. The number of halogens is 5. The molecular formula is C22H19Cl2F3N2O3. The van der Waals surface area contributed by atoms with Crippen molar-refractivity contribution in [3.8, 4) is 11.1 Å². The molecule has 0 spiro atoms. The van der Waals surface area contributed by atoms with Crippen LogP contribution in [0, 0.1) is 0 Å². The number of rotatable bonds is 3. The molecule has 0 atom stereocenters. The lowest BCUT2D eigenvalue weighted by molar-refractivity contribution is -0.136. The normalized spacial score (nSPS) is 15.9. The number of ether oxygens (including phenoxy) is 1. The SMILES string of the molecule is CN1CCC(OC(=O)c2cc3c(C(F)(F)F)cc(-c4ccc(Cl)cc4Cl)cc3n2O)CC1. The van der Waals surface area contributed by atoms with E-state index < -0.39 is 17.7 Å². The molecule has 1 fully saturated rings. The lowest BCUT2D eigenvalue weighted by Gasteiger charge is -2.28. The zero-order valence-electron chi connectivity index (χ0n) is 16.9. The fourth-order valence-corrected chi connectivity index (χ4v) is 4.38. The van der Waals surface area contributed by atoms with Gasteiger partial charge in [-0.3, -0.25) is 0 Å². The highest BCUT2D eigenvalue weighted by Crippen LogP contribution is 2.41. The van der Waals surface area contributed by atoms with E-state index in [1.165, 1.54) is 24.3 Å². The molecule has 1 aliphatic rings. The van der Waals surface area contributed by atoms with Crippen molar-refractivity contribution in [3.63, 3.8) is 0 Å². The van der Waals surface area contributed by atoms with Gasteiger partial charge in [-0.25, -0.2) is 4.79 Å². The van der Waals surface area contributed by atoms with Crippen LogP contribution in [0.3, 0.4) is 0 Å². The van der Waals surface area contributed by atoms with Crippen LogP contribution in [0.5, 0.6) is 0 Å². The molecule has 3 aromatic rings. The highest BCUT2D eigenvalue weighted by molar-refractivity contribution is 6.36. The summed E-state index contributed by atoms with van der Waals surface area (Å²) in [4.78, 5) is 14.7. The molecular weight excluding hydrogens is 468 g/mol. The van der Waals surface area contributed by atoms with Crippen molar-refractivity contribution in [2.45, 2.75) is 25.1 Å². The van der Waals surface area contributed by atoms with Crippen LogP contribution in [0.1, 0.15) is 28.9 Å². The number of esters is 1. The third-order valence-corrected chi connectivity index (χ3v) is 6.14. The summed E-state index contributed by atoms with van der Waals surface area (Å²) in [6.45, 7) is 1.48. The molecule has 1 aromatic heterocycles. The smallest absolute Gasteiger partial charge is 0.417 e. The van der Waals surface area contributed by atoms with Crippen molar-refractivity contribution in [1.29, 1.82) is 0 Å². The molecule has 1 aliphatic heterocycles. The maximum atomic E-state index is 13.9. The van der Waals surface area contributed by atoms with Gasteiger partial charge in [0.2, 0.25) is 0 Å². The molecule has 0 aliphatic carbocycles. The van der Waals surface area contributed by atoms with Crippen molar-refractivity contribution in [2.75, 3.05) is 20.1 Å². The van der Waals surface area contributed by atoms with Crippen molar-refractivity contribution in [3.05, 3.63) is 57.7 Å². The van der Waals surface area contributed by atoms with Crippen LogP contribution < -0.4 is 0 Å². The van der Waals surface area contributed by atoms with Crippen molar-refractivity contribution in [2.24, 2.45) is 0 Å². The van der Waals surface area contributed by atoms with Gasteiger partial charge in [0.1, 0.15) is 6.10 Å². The zero-order valence-corrected chi connectivity index (χ0v) is 18.4. The number of hydrogen-bond donors (Lipinski definition) is 1. The predicted molar refractivity (Wildman–Crippen MR) is 116 cm³/mol. The number of nitrogens with zero attached hydrogens (tertiary/aromatic N) is 2. The van der Waals surface area contributed by atoms with Gasteiger partial charge < -0.3 is 14.8 Å². The van der Waals surface area contributed by atoms with Crippen LogP contribution in [0.15, 0.2) is 36.4 Å². The summed E-state index contributed by atoms with van der Waals surface area (Å²) < 4.78 is 47.5. The molecule has 0 amide bonds. The quantitative estimate of drug-likeness (QED) is 0.357. The van der Waals surface area contributed by atoms with Gasteiger partial charge in [0.05, 0.1) is 11.1 Å². The predicted octanol–water partition coefficient (Wildman–Crippen LogP) is 6.12. The van der Waals surface area contributed by atoms with Gasteiger partial charge in [0, 0.05) is 34.1 Å². The minimum Gasteiger partial charge on any atom is -0.458 e. The third kappa shape index (κ3) is 4.40. The lowest BCUT2D eigenvalue weighted by Crippen LogP contribution is -2.35. The van der Waals surface area contributed by atoms with E-state index >= 15 is 0 Å². The van der Waals surface area contributed by atoms with Crippen LogP contribution in [-0.4, -0.2) is 47.0 Å². The number of fused-ring (bicyclic) bond motifs is 1. The molecule has 0 radical (unpaired) electrons. The molecule has 4 rings (SSSR count). The highest BCUT2D eigenvalue weighted by Gasteiger charge is 2.35. The van der Waals surface area contributed by atoms with E-state index in [-0.39, 0.29) is 33.3 Å². The Balaban J connectivity index is 1.79. The maximum Gasteiger partial charge on any atom is 0.417 e. The first-order valence-corrected chi connectivity index (χ1v) is 10.6. The summed E-state index contributed by atoms with van der Waals surface area (Å²) in [6.07, 6.45) is -3.87. The number of carbonyl (C=O) groups excluding carboxylic acids is 1. The summed E-state index contributed by atoms with van der Waals surface area (Å²) >= 11 is 12.1. The number of carbonyl (C=O) groups is 1. The maximum absolute atomic E-state index is 13.9. The van der Waals surface area contributed by atoms with Crippen LogP contribution in [0.25, 0.3) is 22.0 Å². The molecule has 1 saturated heterocycles. The summed E-state index contributed by atoms with van der Waals surface area (Å²) in [5.74, 6) is -0.877. The van der Waals surface area contributed by atoms with E-state index in [0.717, 1.165) is 25.2 Å². The Labute approximate surface area is 191 Å². The van der Waals surface area contributed by atoms with Crippen molar-refractivity contribution >= 4 is 40.1 Å². The number of hydrogen-bond acceptors (Lipinski definition) is 4. The molecule has 0 unspecified atom stereocenters. The molecule has 2 aromatic carbocycles. The first-order valence-electron chi connectivity index (χ1n) is 9.85. The van der Waals surface area contributed by atoms with E-state index in [0.29, 0.717) is 28.2 Å². The number of alkyl halides is 3. The molecule has 0 saturated carbocycles. The standard InChI is InChI=1S/C22H19Cl2F3N2O3/c1-28-6-4-14(5-7-28)32-21(30)20-11-16-17(22(25,26)27)8-12(9-19(16)29(20)31)15-3-2-13(23)10-18(15)24/h2-3,8-11,14,31H,4-7H2,1H3. The van der Waals surface area contributed by atoms with Gasteiger partial charge in [0.25, 0.3) is 0 Å². The summed E-state index contributed by atoms with van der Waals surface area (Å²) in [6, 6.07) is 7.69. The molecule has 170 valence electrons. The van der Waals surface area contributed by atoms with Crippen molar-refractivity contribution < 1.29 is 27.9 Å². The monoisotopic (exact) mass is 486 g/mol. The van der Waals surface area contributed by atoms with Crippen LogP contribution in [-0.2, 0) is 10.9 Å². The van der Waals surface area contributed by atoms with E-state index in [2.05, 4.69) is 4.90 Å². The Bertz CT molecular complexity index is 1190. The fourth-order valence-electron chi connectivity index (χ4n) is 3.87. The van der Waals surface area contributed by atoms with Gasteiger partial charge in [0.15, 0.2) is 5.69 Å². The Kier molecular flexibility index (Phi) is 6.04. The Morgan fingerprint density at radius 1 is 1.12 bits per heavy atom. The summed E-state index contributed by atoms with van der Waals surface area (Å²) in [7, 11) is 1.95. The van der Waals surface area contributed by atoms with Crippen molar-refractivity contribution in [1.82, 2.24) is 9.63 Å². The summed E-state index contributed by atoms with van der Waals surface area (Å²) in [5, 5.41) is 10.8. The molecule has 2 heterocycles. The Morgan fingerprint density at radius 3 is 2.44 bits per heavy atom. The van der Waals surface area contributed by atoms with Gasteiger partial charge in [-0.1, -0.05) is 29.3 Å². The van der Waals surface area contributed by atoms with Gasteiger partial charge in [-0.2, -0.15) is 17.9 Å². The molecule has 32 heavy (non-hydrogen) atoms. The summed E-state index contributed by atoms with van der Waals surface area (Å²) in [5.41, 5.74) is -1.13. The number of aromatic nitrogens is 1. The van der Waals surface area contributed by atoms with Gasteiger partial charge in [-0.15, -0.1) is 0 Å². The molecule has 1 N–H and O–H groups in total. The second-order valence-electron chi connectivity index (χ2n) is 7.83. The van der Waals surface area contributed by atoms with E-state index in [9.17, 15) is 23.2 Å². The van der Waals surface area contributed by atoms with Crippen LogP contribution in [0.4, 0.5) is 13.2 Å². The minimum absolute atomic E-state index is 0.120. The van der Waals surface area contributed by atoms with E-state index in [1.54, 1.807) is 0 Å². The zero-order chi connectivity index (χ0) is 23.2. The Hall–Kier alpha value is -2.42. The first kappa shape index (κ1) is 22.8. The third-order valence-electron chi connectivity index (χ3n) is 5.59. The largest absolute Gasteiger partial charge is 0.458 e. The van der Waals surface area contributed by atoms with E-state index in [4.69, 9.17) is 27.9 Å². The average Bonchev–Trinajstić information content (AvgIpc) is 3.05. The average molecular weight is 487 g/mol. The second-order valence-corrected chi connectivity index (χ2v) is 8.67. The first-order chi connectivity index (χ1) is 15.0. The minimum atomic E-state index is -4.73. The fraction of sp³-hybridized carbons (Fsp3) is 0.318. The molecule has 5 nitrogen and oxygen atoms in total. The van der Waals surface area contributed by atoms with Gasteiger partial charge in [-0.05, 0) is 55.8 Å². The molecule has 0 bridgehead atoms. The second kappa shape index (κ2) is 8.50. The molecule has 10 heteroatoms. The topological polar surface area (TPSA) is 54.7 Å². The lowest BCUT2D eigenvalue weighted by atomic mass is 9.99. The number of piperidine rings is 1. The van der Waals surface area contributed by atoms with Crippen LogP contribution in [0.2, 0.25) is 10.0 Å². The van der Waals surface area contributed by atoms with Crippen LogP contribution >= 0.6 is 23.2 Å². The van der Waals surface area contributed by atoms with Gasteiger partial charge >= 0.3 is 12.1 Å². The highest BCUT2D eigenvalue weighted by atomic mass is 35.5. The number of benzene rings is 2. The number of likely N-dealkylation sites (tertiary alicyclic amines) is 1. The van der Waals surface area contributed by atoms with E-state index in [1.807, 2.05) is 7.05 Å².